The van der Waals surface area contributed by atoms with Crippen LogP contribution in [0.5, 0.6) is 0 Å². The van der Waals surface area contributed by atoms with Crippen molar-refractivity contribution in [2.75, 3.05) is 13.6 Å². The van der Waals surface area contributed by atoms with E-state index in [0.717, 1.165) is 5.56 Å². The zero-order valence-electron chi connectivity index (χ0n) is 15.1. The average molecular weight is 401 g/mol. The molecule has 1 fully saturated rings. The molecule has 1 aliphatic heterocycles. The lowest BCUT2D eigenvalue weighted by Crippen LogP contribution is -2.36. The fraction of sp³-hybridized carbons (Fsp3) is 0.250. The summed E-state index contributed by atoms with van der Waals surface area (Å²) in [5.41, 5.74) is 1.25. The van der Waals surface area contributed by atoms with E-state index in [1.165, 1.54) is 24.3 Å². The molecule has 1 N–H and O–H groups in total. The standard InChI is InChI=1S/C20H18ClFN4O2/c1-26-11-16(23-19(27)13-4-8-15(22)9-5-13)10-17(26)20-24-18(25-28-20)12-2-6-14(21)7-3-12/h2-9,16-17H,10-11H2,1H3,(H,23,27). The van der Waals surface area contributed by atoms with Gasteiger partial charge in [-0.1, -0.05) is 16.8 Å². The molecule has 8 heteroatoms. The van der Waals surface area contributed by atoms with Crippen molar-refractivity contribution in [3.8, 4) is 11.4 Å². The van der Waals surface area contributed by atoms with E-state index in [0.29, 0.717) is 35.3 Å². The van der Waals surface area contributed by atoms with Gasteiger partial charge in [0.15, 0.2) is 0 Å². The molecule has 1 aliphatic rings. The molecular formula is C20H18ClFN4O2. The molecule has 0 radical (unpaired) electrons. The van der Waals surface area contributed by atoms with Gasteiger partial charge in [-0.05, 0) is 62.0 Å². The molecule has 4 rings (SSSR count). The summed E-state index contributed by atoms with van der Waals surface area (Å²) >= 11 is 5.91. The van der Waals surface area contributed by atoms with Crippen molar-refractivity contribution in [2.24, 2.45) is 0 Å². The van der Waals surface area contributed by atoms with Crippen molar-refractivity contribution in [2.45, 2.75) is 18.5 Å². The van der Waals surface area contributed by atoms with Crippen LogP contribution in [-0.2, 0) is 0 Å². The first-order valence-electron chi connectivity index (χ1n) is 8.86. The molecule has 6 nitrogen and oxygen atoms in total. The molecule has 2 unspecified atom stereocenters. The number of rotatable bonds is 4. The molecular weight excluding hydrogens is 383 g/mol. The summed E-state index contributed by atoms with van der Waals surface area (Å²) in [5, 5.41) is 7.68. The Kier molecular flexibility index (Phi) is 5.11. The van der Waals surface area contributed by atoms with E-state index in [-0.39, 0.29) is 23.8 Å². The second kappa shape index (κ2) is 7.69. The Morgan fingerprint density at radius 1 is 1.21 bits per heavy atom. The van der Waals surface area contributed by atoms with E-state index < -0.39 is 0 Å². The van der Waals surface area contributed by atoms with Crippen LogP contribution in [0.2, 0.25) is 5.02 Å². The van der Waals surface area contributed by atoms with Crippen LogP contribution in [0.1, 0.15) is 28.7 Å². The normalized spacial score (nSPS) is 19.7. The minimum absolute atomic E-state index is 0.0709. The maximum Gasteiger partial charge on any atom is 0.251 e. The fourth-order valence-corrected chi connectivity index (χ4v) is 3.48. The molecule has 1 saturated heterocycles. The topological polar surface area (TPSA) is 71.3 Å². The van der Waals surface area contributed by atoms with Crippen molar-refractivity contribution in [1.82, 2.24) is 20.4 Å². The molecule has 1 amide bonds. The lowest BCUT2D eigenvalue weighted by Gasteiger charge is -2.14. The number of likely N-dealkylation sites (tertiary alicyclic amines) is 1. The average Bonchev–Trinajstić information content (AvgIpc) is 3.29. The Morgan fingerprint density at radius 3 is 2.64 bits per heavy atom. The second-order valence-electron chi connectivity index (χ2n) is 6.83. The number of carbonyl (C=O) groups is 1. The van der Waals surface area contributed by atoms with Gasteiger partial charge in [0.25, 0.3) is 5.91 Å². The summed E-state index contributed by atoms with van der Waals surface area (Å²) in [5.74, 6) is 0.404. The third-order valence-electron chi connectivity index (χ3n) is 4.82. The minimum Gasteiger partial charge on any atom is -0.348 e. The lowest BCUT2D eigenvalue weighted by molar-refractivity contribution is 0.0938. The molecule has 2 heterocycles. The predicted octanol–water partition coefficient (Wildman–Crippen LogP) is 3.70. The number of aromatic nitrogens is 2. The molecule has 3 aromatic rings. The third-order valence-corrected chi connectivity index (χ3v) is 5.07. The van der Waals surface area contributed by atoms with Crippen LogP contribution >= 0.6 is 11.6 Å². The molecule has 0 spiro atoms. The molecule has 28 heavy (non-hydrogen) atoms. The maximum absolute atomic E-state index is 13.0. The number of benzene rings is 2. The zero-order chi connectivity index (χ0) is 19.7. The first kappa shape index (κ1) is 18.6. The summed E-state index contributed by atoms with van der Waals surface area (Å²) in [6.07, 6.45) is 0.645. The molecule has 2 atom stereocenters. The lowest BCUT2D eigenvalue weighted by atomic mass is 10.1. The van der Waals surface area contributed by atoms with Crippen LogP contribution in [-0.4, -0.2) is 40.6 Å². The zero-order valence-corrected chi connectivity index (χ0v) is 15.9. The Labute approximate surface area is 166 Å². The van der Waals surface area contributed by atoms with Crippen LogP contribution < -0.4 is 5.32 Å². The second-order valence-corrected chi connectivity index (χ2v) is 7.27. The van der Waals surface area contributed by atoms with Crippen LogP contribution in [0, 0.1) is 5.82 Å². The highest BCUT2D eigenvalue weighted by Crippen LogP contribution is 2.31. The Morgan fingerprint density at radius 2 is 1.93 bits per heavy atom. The van der Waals surface area contributed by atoms with Crippen molar-refractivity contribution in [3.63, 3.8) is 0 Å². The van der Waals surface area contributed by atoms with E-state index in [4.69, 9.17) is 16.1 Å². The number of hydrogen-bond acceptors (Lipinski definition) is 5. The molecule has 0 aliphatic carbocycles. The number of hydrogen-bond donors (Lipinski definition) is 1. The largest absolute Gasteiger partial charge is 0.348 e. The smallest absolute Gasteiger partial charge is 0.251 e. The molecule has 2 aromatic carbocycles. The Hall–Kier alpha value is -2.77. The van der Waals surface area contributed by atoms with E-state index in [1.807, 2.05) is 19.2 Å². The molecule has 144 valence electrons. The van der Waals surface area contributed by atoms with Crippen molar-refractivity contribution >= 4 is 17.5 Å². The van der Waals surface area contributed by atoms with Crippen molar-refractivity contribution in [1.29, 1.82) is 0 Å². The molecule has 0 bridgehead atoms. The van der Waals surface area contributed by atoms with Crippen LogP contribution in [0.3, 0.4) is 0 Å². The van der Waals surface area contributed by atoms with Gasteiger partial charge in [0.05, 0.1) is 6.04 Å². The van der Waals surface area contributed by atoms with Gasteiger partial charge in [0, 0.05) is 28.7 Å². The van der Waals surface area contributed by atoms with Crippen molar-refractivity contribution < 1.29 is 13.7 Å². The Bertz CT molecular complexity index is 975. The van der Waals surface area contributed by atoms with E-state index in [9.17, 15) is 9.18 Å². The van der Waals surface area contributed by atoms with Crippen LogP contribution in [0.25, 0.3) is 11.4 Å². The Balaban J connectivity index is 1.43. The number of amides is 1. The van der Waals surface area contributed by atoms with E-state index in [1.54, 1.807) is 12.1 Å². The van der Waals surface area contributed by atoms with Gasteiger partial charge >= 0.3 is 0 Å². The highest BCUT2D eigenvalue weighted by Gasteiger charge is 2.35. The van der Waals surface area contributed by atoms with Crippen LogP contribution in [0.4, 0.5) is 4.39 Å². The molecule has 1 aromatic heterocycles. The summed E-state index contributed by atoms with van der Waals surface area (Å²) in [4.78, 5) is 18.9. The highest BCUT2D eigenvalue weighted by atomic mass is 35.5. The number of likely N-dealkylation sites (N-methyl/N-ethyl adjacent to an activating group) is 1. The van der Waals surface area contributed by atoms with Gasteiger partial charge in [0.1, 0.15) is 5.82 Å². The monoisotopic (exact) mass is 400 g/mol. The first-order valence-corrected chi connectivity index (χ1v) is 9.23. The maximum atomic E-state index is 13.0. The minimum atomic E-state index is -0.370. The highest BCUT2D eigenvalue weighted by molar-refractivity contribution is 6.30. The summed E-state index contributed by atoms with van der Waals surface area (Å²) in [6, 6.07) is 12.5. The summed E-state index contributed by atoms with van der Waals surface area (Å²) < 4.78 is 18.5. The predicted molar refractivity (Wildman–Crippen MR) is 102 cm³/mol. The fourth-order valence-electron chi connectivity index (χ4n) is 3.35. The number of halogens is 2. The van der Waals surface area contributed by atoms with Crippen LogP contribution in [0.15, 0.2) is 53.1 Å². The van der Waals surface area contributed by atoms with E-state index >= 15 is 0 Å². The first-order chi connectivity index (χ1) is 13.5. The van der Waals surface area contributed by atoms with E-state index in [2.05, 4.69) is 20.4 Å². The number of carbonyl (C=O) groups excluding carboxylic acids is 1. The van der Waals surface area contributed by atoms with Gasteiger partial charge in [0.2, 0.25) is 11.7 Å². The SMILES string of the molecule is CN1CC(NC(=O)c2ccc(F)cc2)CC1c1nc(-c2ccc(Cl)cc2)no1. The quantitative estimate of drug-likeness (QED) is 0.723. The van der Waals surface area contributed by atoms with Gasteiger partial charge in [-0.2, -0.15) is 4.98 Å². The molecule has 0 saturated carbocycles. The summed E-state index contributed by atoms with van der Waals surface area (Å²) in [6.45, 7) is 0.649. The third kappa shape index (κ3) is 3.90. The summed E-state index contributed by atoms with van der Waals surface area (Å²) in [7, 11) is 1.95. The van der Waals surface area contributed by atoms with Gasteiger partial charge in [-0.3, -0.25) is 9.69 Å². The number of nitrogens with zero attached hydrogens (tertiary/aromatic N) is 3. The van der Waals surface area contributed by atoms with Gasteiger partial charge in [-0.15, -0.1) is 0 Å². The van der Waals surface area contributed by atoms with Gasteiger partial charge < -0.3 is 9.84 Å². The number of nitrogens with one attached hydrogen (secondary N) is 1. The van der Waals surface area contributed by atoms with Crippen molar-refractivity contribution in [3.05, 3.63) is 70.8 Å². The van der Waals surface area contributed by atoms with Gasteiger partial charge in [-0.25, -0.2) is 4.39 Å².